The summed E-state index contributed by atoms with van der Waals surface area (Å²) >= 11 is 0. The second-order valence-electron chi connectivity index (χ2n) is 8.93. The number of carbonyl (C=O) groups is 1. The van der Waals surface area contributed by atoms with E-state index in [4.69, 9.17) is 20.6 Å². The molecule has 1 aliphatic heterocycles. The van der Waals surface area contributed by atoms with Gasteiger partial charge in [0.25, 0.3) is 0 Å². The number of rotatable bonds is 9. The molecule has 0 amide bonds. The summed E-state index contributed by atoms with van der Waals surface area (Å²) in [5.74, 6) is 1.59. The standard InChI is InChI=1S/C25H33N3O3/c1-25(2,3)20-13-18(14-22(23(20)30-4)31-12-8-7-11-26)21(29)16-28-15-17-9-5-6-10-19(17)24(28)27/h5-6,9-10,13-14,27H,7-8,11-12,15-16,26H2,1-4H3. The van der Waals surface area contributed by atoms with Gasteiger partial charge in [0.2, 0.25) is 0 Å². The number of nitrogens with two attached hydrogens (primary N) is 1. The smallest absolute Gasteiger partial charge is 0.182 e. The fourth-order valence-electron chi connectivity index (χ4n) is 3.81. The number of carbonyl (C=O) groups excluding carboxylic acids is 1. The maximum Gasteiger partial charge on any atom is 0.182 e. The average Bonchev–Trinajstić information content (AvgIpc) is 3.05. The first-order valence-corrected chi connectivity index (χ1v) is 10.8. The second kappa shape index (κ2) is 9.52. The number of amidine groups is 1. The monoisotopic (exact) mass is 423 g/mol. The minimum atomic E-state index is -0.229. The molecule has 31 heavy (non-hydrogen) atoms. The predicted molar refractivity (Wildman–Crippen MR) is 123 cm³/mol. The lowest BCUT2D eigenvalue weighted by molar-refractivity contribution is 0.0962. The van der Waals surface area contributed by atoms with Gasteiger partial charge in [-0.3, -0.25) is 10.2 Å². The van der Waals surface area contributed by atoms with Crippen molar-refractivity contribution in [2.75, 3.05) is 26.8 Å². The zero-order valence-corrected chi connectivity index (χ0v) is 19.0. The number of ketones is 1. The second-order valence-corrected chi connectivity index (χ2v) is 8.93. The van der Waals surface area contributed by atoms with Crippen molar-refractivity contribution in [1.29, 1.82) is 5.41 Å². The first-order chi connectivity index (χ1) is 14.8. The van der Waals surface area contributed by atoms with Crippen LogP contribution in [0.5, 0.6) is 11.5 Å². The van der Waals surface area contributed by atoms with Crippen molar-refractivity contribution in [3.8, 4) is 11.5 Å². The lowest BCUT2D eigenvalue weighted by Gasteiger charge is -2.25. The highest BCUT2D eigenvalue weighted by Crippen LogP contribution is 2.40. The highest BCUT2D eigenvalue weighted by molar-refractivity contribution is 6.05. The maximum absolute atomic E-state index is 13.3. The molecule has 1 heterocycles. The van der Waals surface area contributed by atoms with Crippen LogP contribution in [0.3, 0.4) is 0 Å². The van der Waals surface area contributed by atoms with E-state index in [-0.39, 0.29) is 17.7 Å². The number of nitrogens with one attached hydrogen (secondary N) is 1. The summed E-state index contributed by atoms with van der Waals surface area (Å²) in [7, 11) is 1.63. The van der Waals surface area contributed by atoms with Gasteiger partial charge in [-0.15, -0.1) is 0 Å². The number of hydrogen-bond acceptors (Lipinski definition) is 5. The van der Waals surface area contributed by atoms with Gasteiger partial charge in [-0.2, -0.15) is 0 Å². The quantitative estimate of drug-likeness (QED) is 0.468. The summed E-state index contributed by atoms with van der Waals surface area (Å²) < 4.78 is 11.7. The van der Waals surface area contributed by atoms with E-state index in [1.54, 1.807) is 13.2 Å². The van der Waals surface area contributed by atoms with Crippen LogP contribution >= 0.6 is 0 Å². The summed E-state index contributed by atoms with van der Waals surface area (Å²) in [6, 6.07) is 11.5. The van der Waals surface area contributed by atoms with Gasteiger partial charge in [0.05, 0.1) is 20.3 Å². The van der Waals surface area contributed by atoms with Crippen LogP contribution in [0, 0.1) is 5.41 Å². The molecule has 2 aromatic carbocycles. The molecule has 0 saturated heterocycles. The van der Waals surface area contributed by atoms with E-state index in [1.165, 1.54) is 0 Å². The van der Waals surface area contributed by atoms with Crippen LogP contribution in [0.4, 0.5) is 0 Å². The van der Waals surface area contributed by atoms with Crippen LogP contribution in [0.25, 0.3) is 0 Å². The molecule has 6 nitrogen and oxygen atoms in total. The third kappa shape index (κ3) is 5.07. The Hall–Kier alpha value is -2.86. The fourth-order valence-corrected chi connectivity index (χ4v) is 3.81. The maximum atomic E-state index is 13.3. The Kier molecular flexibility index (Phi) is 7.01. The van der Waals surface area contributed by atoms with E-state index in [9.17, 15) is 4.79 Å². The minimum absolute atomic E-state index is 0.0440. The molecule has 6 heteroatoms. The Morgan fingerprint density at radius 2 is 1.94 bits per heavy atom. The summed E-state index contributed by atoms with van der Waals surface area (Å²) in [6.45, 7) is 8.12. The van der Waals surface area contributed by atoms with Crippen LogP contribution in [-0.2, 0) is 12.0 Å². The first-order valence-electron chi connectivity index (χ1n) is 10.8. The minimum Gasteiger partial charge on any atom is -0.493 e. The summed E-state index contributed by atoms with van der Waals surface area (Å²) in [5, 5.41) is 8.44. The topological polar surface area (TPSA) is 88.6 Å². The molecule has 0 unspecified atom stereocenters. The van der Waals surface area contributed by atoms with Crippen molar-refractivity contribution in [1.82, 2.24) is 4.90 Å². The Balaban J connectivity index is 1.87. The summed E-state index contributed by atoms with van der Waals surface area (Å²) in [6.07, 6.45) is 1.72. The lowest BCUT2D eigenvalue weighted by Crippen LogP contribution is -2.30. The van der Waals surface area contributed by atoms with Crippen LogP contribution in [0.2, 0.25) is 0 Å². The molecule has 3 N–H and O–H groups in total. The van der Waals surface area contributed by atoms with Crippen molar-refractivity contribution in [3.63, 3.8) is 0 Å². The Morgan fingerprint density at radius 1 is 1.19 bits per heavy atom. The molecule has 0 radical (unpaired) electrons. The van der Waals surface area contributed by atoms with Crippen molar-refractivity contribution >= 4 is 11.6 Å². The van der Waals surface area contributed by atoms with E-state index < -0.39 is 0 Å². The molecule has 0 aromatic heterocycles. The lowest BCUT2D eigenvalue weighted by atomic mass is 9.84. The molecule has 0 fully saturated rings. The Bertz CT molecular complexity index is 963. The van der Waals surface area contributed by atoms with Crippen LogP contribution < -0.4 is 15.2 Å². The predicted octanol–water partition coefficient (Wildman–Crippen LogP) is 4.13. The molecule has 1 aliphatic rings. The van der Waals surface area contributed by atoms with E-state index in [0.29, 0.717) is 42.6 Å². The van der Waals surface area contributed by atoms with Crippen molar-refractivity contribution < 1.29 is 14.3 Å². The molecular formula is C25H33N3O3. The Labute approximate surface area is 184 Å². The van der Waals surface area contributed by atoms with Gasteiger partial charge in [0.15, 0.2) is 17.3 Å². The molecule has 0 saturated carbocycles. The third-order valence-electron chi connectivity index (χ3n) is 5.53. The van der Waals surface area contributed by atoms with Gasteiger partial charge < -0.3 is 20.1 Å². The molecule has 0 spiro atoms. The van der Waals surface area contributed by atoms with E-state index in [0.717, 1.165) is 29.5 Å². The summed E-state index contributed by atoms with van der Waals surface area (Å²) in [5.41, 5.74) is 8.82. The first kappa shape index (κ1) is 22.8. The highest BCUT2D eigenvalue weighted by atomic mass is 16.5. The van der Waals surface area contributed by atoms with Gasteiger partial charge in [0, 0.05) is 23.2 Å². The van der Waals surface area contributed by atoms with Gasteiger partial charge in [-0.05, 0) is 42.5 Å². The van der Waals surface area contributed by atoms with Gasteiger partial charge >= 0.3 is 0 Å². The Morgan fingerprint density at radius 3 is 2.58 bits per heavy atom. The number of Topliss-reactive ketones (excluding diaryl/α,β-unsaturated/α-hetero) is 1. The molecule has 0 bridgehead atoms. The largest absolute Gasteiger partial charge is 0.493 e. The van der Waals surface area contributed by atoms with Crippen LogP contribution in [-0.4, -0.2) is 43.3 Å². The third-order valence-corrected chi connectivity index (χ3v) is 5.53. The van der Waals surface area contributed by atoms with Gasteiger partial charge in [-0.25, -0.2) is 0 Å². The normalized spacial score (nSPS) is 13.3. The number of fused-ring (bicyclic) bond motifs is 1. The fraction of sp³-hybridized carbons (Fsp3) is 0.440. The number of hydrogen-bond donors (Lipinski definition) is 2. The summed E-state index contributed by atoms with van der Waals surface area (Å²) in [4.78, 5) is 15.1. The average molecular weight is 424 g/mol. The molecule has 0 aliphatic carbocycles. The van der Waals surface area contributed by atoms with Crippen LogP contribution in [0.15, 0.2) is 36.4 Å². The van der Waals surface area contributed by atoms with E-state index in [1.807, 2.05) is 35.2 Å². The highest BCUT2D eigenvalue weighted by Gasteiger charge is 2.28. The molecule has 0 atom stereocenters. The number of unbranched alkanes of at least 4 members (excludes halogenated alkanes) is 1. The van der Waals surface area contributed by atoms with Crippen LogP contribution in [0.1, 0.15) is 60.7 Å². The zero-order chi connectivity index (χ0) is 22.6. The molecular weight excluding hydrogens is 390 g/mol. The number of benzene rings is 2. The number of ether oxygens (including phenoxy) is 2. The van der Waals surface area contributed by atoms with E-state index >= 15 is 0 Å². The SMILES string of the molecule is COc1c(OCCCCN)cc(C(=O)CN2Cc3ccccc3C2=N)cc1C(C)(C)C. The van der Waals surface area contributed by atoms with E-state index in [2.05, 4.69) is 20.8 Å². The van der Waals surface area contributed by atoms with Crippen molar-refractivity contribution in [2.45, 2.75) is 45.6 Å². The van der Waals surface area contributed by atoms with Crippen molar-refractivity contribution in [3.05, 3.63) is 58.7 Å². The zero-order valence-electron chi connectivity index (χ0n) is 19.0. The molecule has 166 valence electrons. The van der Waals surface area contributed by atoms with Gasteiger partial charge in [-0.1, -0.05) is 45.0 Å². The van der Waals surface area contributed by atoms with Gasteiger partial charge in [0.1, 0.15) is 5.84 Å². The molecule has 3 rings (SSSR count). The number of methoxy groups -OCH3 is 1. The molecule has 2 aromatic rings. The number of nitrogens with zero attached hydrogens (tertiary/aromatic N) is 1. The van der Waals surface area contributed by atoms with Crippen molar-refractivity contribution in [2.24, 2.45) is 5.73 Å².